The van der Waals surface area contributed by atoms with Gasteiger partial charge in [0, 0.05) is 13.1 Å². The summed E-state index contributed by atoms with van der Waals surface area (Å²) in [5, 5.41) is 3.97. The smallest absolute Gasteiger partial charge is 0.267 e. The van der Waals surface area contributed by atoms with Crippen molar-refractivity contribution in [3.63, 3.8) is 0 Å². The molecule has 1 N–H and O–H groups in total. The average molecular weight is 279 g/mol. The van der Waals surface area contributed by atoms with Gasteiger partial charge in [0.15, 0.2) is 0 Å². The third-order valence-corrected chi connectivity index (χ3v) is 3.77. The highest BCUT2D eigenvalue weighted by atomic mass is 32.2. The fourth-order valence-corrected chi connectivity index (χ4v) is 2.53. The molecule has 2 aromatic rings. The Balaban J connectivity index is 2.18. The summed E-state index contributed by atoms with van der Waals surface area (Å²) in [6.45, 7) is 1.61. The lowest BCUT2D eigenvalue weighted by Crippen LogP contribution is -2.27. The summed E-state index contributed by atoms with van der Waals surface area (Å²) in [6.07, 6.45) is 2.60. The summed E-state index contributed by atoms with van der Waals surface area (Å²) in [7, 11) is -3.81. The maximum absolute atomic E-state index is 11.7. The van der Waals surface area contributed by atoms with Crippen molar-refractivity contribution >= 4 is 15.9 Å². The molecule has 0 aliphatic rings. The van der Waals surface area contributed by atoms with E-state index in [0.29, 0.717) is 6.54 Å². The van der Waals surface area contributed by atoms with Crippen molar-refractivity contribution < 1.29 is 13.2 Å². The first kappa shape index (κ1) is 13.3. The van der Waals surface area contributed by atoms with Gasteiger partial charge in [-0.25, -0.2) is 13.1 Å². The molecule has 0 radical (unpaired) electrons. The van der Waals surface area contributed by atoms with Crippen molar-refractivity contribution in [1.29, 1.82) is 0 Å². The molecule has 1 amide bonds. The molecule has 100 valence electrons. The molecule has 1 aromatic heterocycles. The van der Waals surface area contributed by atoms with Crippen LogP contribution in [0, 0.1) is 0 Å². The predicted molar refractivity (Wildman–Crippen MR) is 68.8 cm³/mol. The second-order valence-electron chi connectivity index (χ2n) is 4.02. The van der Waals surface area contributed by atoms with Gasteiger partial charge in [-0.15, -0.1) is 0 Å². The molecule has 0 spiro atoms. The van der Waals surface area contributed by atoms with Gasteiger partial charge in [-0.3, -0.25) is 9.48 Å². The van der Waals surface area contributed by atoms with Crippen molar-refractivity contribution in [2.45, 2.75) is 18.4 Å². The topological polar surface area (TPSA) is 81.1 Å². The molecule has 0 fully saturated rings. The van der Waals surface area contributed by atoms with Gasteiger partial charge in [-0.2, -0.15) is 5.10 Å². The third-order valence-electron chi connectivity index (χ3n) is 2.39. The fourth-order valence-electron chi connectivity index (χ4n) is 1.59. The van der Waals surface area contributed by atoms with Gasteiger partial charge in [-0.1, -0.05) is 30.3 Å². The molecular weight excluding hydrogens is 266 g/mol. The Morgan fingerprint density at radius 2 is 2.00 bits per heavy atom. The quantitative estimate of drug-likeness (QED) is 0.895. The van der Waals surface area contributed by atoms with Gasteiger partial charge in [0.25, 0.3) is 10.0 Å². The van der Waals surface area contributed by atoms with E-state index in [2.05, 4.69) is 5.10 Å². The molecule has 0 atom stereocenters. The lowest BCUT2D eigenvalue weighted by Gasteiger charge is -2.02. The van der Waals surface area contributed by atoms with Gasteiger partial charge < -0.3 is 0 Å². The number of rotatable bonds is 4. The first-order chi connectivity index (χ1) is 8.97. The number of nitrogens with zero attached hydrogens (tertiary/aromatic N) is 2. The van der Waals surface area contributed by atoms with Crippen molar-refractivity contribution in [1.82, 2.24) is 14.5 Å². The van der Waals surface area contributed by atoms with Crippen LogP contribution in [0.25, 0.3) is 0 Å². The van der Waals surface area contributed by atoms with E-state index in [0.717, 1.165) is 12.5 Å². The van der Waals surface area contributed by atoms with E-state index in [1.807, 2.05) is 35.1 Å². The second kappa shape index (κ2) is 5.23. The highest BCUT2D eigenvalue weighted by Crippen LogP contribution is 2.08. The number of carbonyl (C=O) groups excluding carboxylic acids is 1. The minimum atomic E-state index is -3.81. The fraction of sp³-hybridized carbons (Fsp3) is 0.167. The first-order valence-corrected chi connectivity index (χ1v) is 7.05. The summed E-state index contributed by atoms with van der Waals surface area (Å²) in [4.78, 5) is 10.8. The second-order valence-corrected chi connectivity index (χ2v) is 5.70. The number of hydrogen-bond acceptors (Lipinski definition) is 4. The Bertz CT molecular complexity index is 677. The molecule has 0 aliphatic heterocycles. The summed E-state index contributed by atoms with van der Waals surface area (Å²) in [5.41, 5.74) is 1.01. The minimum Gasteiger partial charge on any atom is -0.274 e. The van der Waals surface area contributed by atoms with Crippen LogP contribution in [0.1, 0.15) is 12.5 Å². The maximum atomic E-state index is 11.7. The molecule has 2 rings (SSSR count). The van der Waals surface area contributed by atoms with Gasteiger partial charge in [-0.05, 0) is 5.56 Å². The number of aromatic nitrogens is 2. The summed E-state index contributed by atoms with van der Waals surface area (Å²) < 4.78 is 26.8. The predicted octanol–water partition coefficient (Wildman–Crippen LogP) is 0.756. The molecule has 7 heteroatoms. The molecule has 1 aromatic carbocycles. The van der Waals surface area contributed by atoms with Crippen LogP contribution in [0.4, 0.5) is 0 Å². The van der Waals surface area contributed by atoms with Crippen LogP contribution < -0.4 is 4.72 Å². The van der Waals surface area contributed by atoms with Gasteiger partial charge >= 0.3 is 0 Å². The normalized spacial score (nSPS) is 11.2. The molecule has 0 aliphatic carbocycles. The Morgan fingerprint density at radius 3 is 2.63 bits per heavy atom. The first-order valence-electron chi connectivity index (χ1n) is 5.57. The van der Waals surface area contributed by atoms with Gasteiger partial charge in [0.05, 0.1) is 12.7 Å². The standard InChI is InChI=1S/C12H13N3O3S/c1-10(16)14-19(17,18)12-7-13-15(9-12)8-11-5-3-2-4-6-11/h2-7,9H,8H2,1H3,(H,14,16). The van der Waals surface area contributed by atoms with E-state index in [1.165, 1.54) is 17.1 Å². The van der Waals surface area contributed by atoms with Crippen LogP contribution in [0.15, 0.2) is 47.6 Å². The highest BCUT2D eigenvalue weighted by molar-refractivity contribution is 7.90. The maximum Gasteiger partial charge on any atom is 0.267 e. The largest absolute Gasteiger partial charge is 0.274 e. The Kier molecular flexibility index (Phi) is 3.66. The average Bonchev–Trinajstić information content (AvgIpc) is 2.78. The number of hydrogen-bond donors (Lipinski definition) is 1. The number of sulfonamides is 1. The lowest BCUT2D eigenvalue weighted by molar-refractivity contribution is -0.117. The molecule has 1 heterocycles. The van der Waals surface area contributed by atoms with Crippen LogP contribution in [0.3, 0.4) is 0 Å². The SMILES string of the molecule is CC(=O)NS(=O)(=O)c1cnn(Cc2ccccc2)c1. The van der Waals surface area contributed by atoms with Crippen molar-refractivity contribution in [2.75, 3.05) is 0 Å². The van der Waals surface area contributed by atoms with Crippen LogP contribution in [0.5, 0.6) is 0 Å². The summed E-state index contributed by atoms with van der Waals surface area (Å²) in [5.74, 6) is -0.629. The summed E-state index contributed by atoms with van der Waals surface area (Å²) in [6, 6.07) is 9.54. The van der Waals surface area contributed by atoms with E-state index < -0.39 is 15.9 Å². The van der Waals surface area contributed by atoms with E-state index in [4.69, 9.17) is 0 Å². The Hall–Kier alpha value is -2.15. The molecule has 0 saturated carbocycles. The third kappa shape index (κ3) is 3.41. The molecular formula is C12H13N3O3S. The van der Waals surface area contributed by atoms with Crippen LogP contribution in [-0.4, -0.2) is 24.1 Å². The summed E-state index contributed by atoms with van der Waals surface area (Å²) >= 11 is 0. The molecule has 6 nitrogen and oxygen atoms in total. The van der Waals surface area contributed by atoms with Crippen molar-refractivity contribution in [2.24, 2.45) is 0 Å². The monoisotopic (exact) mass is 279 g/mol. The van der Waals surface area contributed by atoms with Crippen LogP contribution >= 0.6 is 0 Å². The van der Waals surface area contributed by atoms with E-state index in [-0.39, 0.29) is 4.90 Å². The van der Waals surface area contributed by atoms with Crippen LogP contribution in [0.2, 0.25) is 0 Å². The van der Waals surface area contributed by atoms with Gasteiger partial charge in [0.2, 0.25) is 5.91 Å². The molecule has 0 unspecified atom stereocenters. The van der Waals surface area contributed by atoms with Crippen molar-refractivity contribution in [3.05, 3.63) is 48.3 Å². The highest BCUT2D eigenvalue weighted by Gasteiger charge is 2.17. The zero-order valence-electron chi connectivity index (χ0n) is 10.3. The lowest BCUT2D eigenvalue weighted by atomic mass is 10.2. The Morgan fingerprint density at radius 1 is 1.32 bits per heavy atom. The molecule has 0 bridgehead atoms. The number of benzene rings is 1. The van der Waals surface area contributed by atoms with Crippen LogP contribution in [-0.2, 0) is 21.4 Å². The van der Waals surface area contributed by atoms with E-state index in [1.54, 1.807) is 0 Å². The molecule has 0 saturated heterocycles. The minimum absolute atomic E-state index is 0.0290. The van der Waals surface area contributed by atoms with E-state index >= 15 is 0 Å². The number of carbonyl (C=O) groups is 1. The molecule has 19 heavy (non-hydrogen) atoms. The zero-order valence-corrected chi connectivity index (χ0v) is 11.1. The van der Waals surface area contributed by atoms with Gasteiger partial charge in [0.1, 0.15) is 4.90 Å². The van der Waals surface area contributed by atoms with Crippen molar-refractivity contribution in [3.8, 4) is 0 Å². The number of amides is 1. The number of nitrogens with one attached hydrogen (secondary N) is 1. The zero-order chi connectivity index (χ0) is 13.9. The Labute approximate surface area is 111 Å². The van der Waals surface area contributed by atoms with E-state index in [9.17, 15) is 13.2 Å².